The van der Waals surface area contributed by atoms with Gasteiger partial charge >= 0.3 is 0 Å². The predicted octanol–water partition coefficient (Wildman–Crippen LogP) is 4.65. The number of halogens is 2. The number of rotatable bonds is 8. The summed E-state index contributed by atoms with van der Waals surface area (Å²) in [5.41, 5.74) is 1.43. The molecule has 0 radical (unpaired) electrons. The molecule has 2 heterocycles. The Morgan fingerprint density at radius 1 is 0.939 bits per heavy atom. The fourth-order valence-corrected chi connectivity index (χ4v) is 4.56. The summed E-state index contributed by atoms with van der Waals surface area (Å²) >= 11 is 0. The zero-order valence-electron chi connectivity index (χ0n) is 19.2. The molecule has 2 saturated heterocycles. The zero-order valence-corrected chi connectivity index (χ0v) is 20.0. The second-order valence-corrected chi connectivity index (χ2v) is 8.31. The second kappa shape index (κ2) is 11.6. The number of likely N-dealkylation sites (tertiary alicyclic amines) is 1. The van der Waals surface area contributed by atoms with Crippen LogP contribution in [0.3, 0.4) is 0 Å². The van der Waals surface area contributed by atoms with Gasteiger partial charge in [0.25, 0.3) is 0 Å². The van der Waals surface area contributed by atoms with Crippen molar-refractivity contribution >= 4 is 24.0 Å². The van der Waals surface area contributed by atoms with Crippen LogP contribution in [0.4, 0.5) is 10.1 Å². The van der Waals surface area contributed by atoms with E-state index in [4.69, 9.17) is 14.2 Å². The first-order valence-corrected chi connectivity index (χ1v) is 11.3. The van der Waals surface area contributed by atoms with Crippen molar-refractivity contribution in [3.05, 3.63) is 47.8 Å². The molecule has 2 aliphatic heterocycles. The fraction of sp³-hybridized carbons (Fsp3) is 0.480. The number of hydrogen-bond acceptors (Lipinski definition) is 5. The number of anilines is 1. The van der Waals surface area contributed by atoms with Gasteiger partial charge in [-0.3, -0.25) is 9.69 Å². The highest BCUT2D eigenvalue weighted by molar-refractivity contribution is 6.00. The number of ether oxygens (including phenoxy) is 3. The minimum Gasteiger partial charge on any atom is -0.494 e. The summed E-state index contributed by atoms with van der Waals surface area (Å²) in [4.78, 5) is 17.2. The molecule has 6 nitrogen and oxygen atoms in total. The van der Waals surface area contributed by atoms with Gasteiger partial charge in [-0.1, -0.05) is 12.5 Å². The van der Waals surface area contributed by atoms with E-state index in [1.807, 2.05) is 18.2 Å². The second-order valence-electron chi connectivity index (χ2n) is 8.31. The van der Waals surface area contributed by atoms with Crippen LogP contribution >= 0.6 is 12.4 Å². The van der Waals surface area contributed by atoms with Crippen LogP contribution in [0.15, 0.2) is 36.4 Å². The summed E-state index contributed by atoms with van der Waals surface area (Å²) < 4.78 is 30.7. The average molecular weight is 479 g/mol. The zero-order chi connectivity index (χ0) is 22.5. The van der Waals surface area contributed by atoms with Crippen molar-refractivity contribution in [2.45, 2.75) is 31.6 Å². The van der Waals surface area contributed by atoms with Crippen molar-refractivity contribution in [3.63, 3.8) is 0 Å². The van der Waals surface area contributed by atoms with Crippen LogP contribution in [0, 0.1) is 5.82 Å². The van der Waals surface area contributed by atoms with Gasteiger partial charge in [0.2, 0.25) is 5.91 Å². The van der Waals surface area contributed by atoms with Gasteiger partial charge in [-0.05, 0) is 62.2 Å². The molecule has 0 N–H and O–H groups in total. The van der Waals surface area contributed by atoms with Crippen LogP contribution in [-0.4, -0.2) is 57.8 Å². The van der Waals surface area contributed by atoms with E-state index in [2.05, 4.69) is 4.90 Å². The monoisotopic (exact) mass is 478 g/mol. The van der Waals surface area contributed by atoms with Crippen LogP contribution in [0.25, 0.3) is 0 Å². The van der Waals surface area contributed by atoms with Crippen LogP contribution < -0.4 is 19.1 Å². The highest BCUT2D eigenvalue weighted by Crippen LogP contribution is 2.37. The summed E-state index contributed by atoms with van der Waals surface area (Å²) in [6, 6.07) is 10.3. The Labute approximate surface area is 201 Å². The molecule has 0 spiro atoms. The SMILES string of the molecule is COc1ccc(N2CCC(c3ccc(OC)c(OCCN4CCCCC4)c3)C2=O)cc1F.Cl. The normalized spacial score (nSPS) is 18.7. The molecule has 0 saturated carbocycles. The Morgan fingerprint density at radius 2 is 1.67 bits per heavy atom. The van der Waals surface area contributed by atoms with Crippen molar-refractivity contribution in [1.82, 2.24) is 4.90 Å². The maximum Gasteiger partial charge on any atom is 0.234 e. The number of piperidine rings is 1. The first-order chi connectivity index (χ1) is 15.6. The summed E-state index contributed by atoms with van der Waals surface area (Å²) in [5.74, 6) is 0.665. The van der Waals surface area contributed by atoms with E-state index in [0.717, 1.165) is 25.2 Å². The van der Waals surface area contributed by atoms with E-state index >= 15 is 0 Å². The number of nitrogens with zero attached hydrogens (tertiary/aromatic N) is 2. The van der Waals surface area contributed by atoms with Crippen molar-refractivity contribution in [2.75, 3.05) is 51.9 Å². The van der Waals surface area contributed by atoms with E-state index in [1.165, 1.54) is 32.4 Å². The van der Waals surface area contributed by atoms with Gasteiger partial charge in [0, 0.05) is 24.8 Å². The van der Waals surface area contributed by atoms with Gasteiger partial charge in [-0.2, -0.15) is 0 Å². The highest BCUT2D eigenvalue weighted by atomic mass is 35.5. The number of benzene rings is 2. The minimum atomic E-state index is -0.477. The van der Waals surface area contributed by atoms with Gasteiger partial charge in [-0.15, -0.1) is 12.4 Å². The van der Waals surface area contributed by atoms with E-state index < -0.39 is 5.82 Å². The van der Waals surface area contributed by atoms with Gasteiger partial charge < -0.3 is 19.1 Å². The molecule has 2 fully saturated rings. The summed E-state index contributed by atoms with van der Waals surface area (Å²) in [7, 11) is 3.04. The van der Waals surface area contributed by atoms with Crippen LogP contribution in [0.5, 0.6) is 17.2 Å². The van der Waals surface area contributed by atoms with Crippen molar-refractivity contribution in [2.24, 2.45) is 0 Å². The van der Waals surface area contributed by atoms with E-state index in [9.17, 15) is 9.18 Å². The third-order valence-corrected chi connectivity index (χ3v) is 6.36. The van der Waals surface area contributed by atoms with Crippen LogP contribution in [0.1, 0.15) is 37.2 Å². The quantitative estimate of drug-likeness (QED) is 0.552. The van der Waals surface area contributed by atoms with Crippen molar-refractivity contribution < 1.29 is 23.4 Å². The number of amides is 1. The third-order valence-electron chi connectivity index (χ3n) is 6.36. The first-order valence-electron chi connectivity index (χ1n) is 11.3. The Hall–Kier alpha value is -2.51. The number of carbonyl (C=O) groups excluding carboxylic acids is 1. The summed E-state index contributed by atoms with van der Waals surface area (Å²) in [6.45, 7) is 4.24. The summed E-state index contributed by atoms with van der Waals surface area (Å²) in [6.07, 6.45) is 4.46. The molecular formula is C25H32ClFN2O4. The number of carbonyl (C=O) groups is 1. The molecule has 4 rings (SSSR count). The van der Waals surface area contributed by atoms with Crippen molar-refractivity contribution in [1.29, 1.82) is 0 Å². The molecule has 2 aliphatic rings. The first kappa shape index (κ1) is 25.1. The average Bonchev–Trinajstić information content (AvgIpc) is 3.21. The molecular weight excluding hydrogens is 447 g/mol. The van der Waals surface area contributed by atoms with E-state index in [-0.39, 0.29) is 30.0 Å². The molecule has 1 atom stereocenters. The number of hydrogen-bond donors (Lipinski definition) is 0. The molecule has 8 heteroatoms. The molecule has 2 aromatic rings. The summed E-state index contributed by atoms with van der Waals surface area (Å²) in [5, 5.41) is 0. The minimum absolute atomic E-state index is 0. The smallest absolute Gasteiger partial charge is 0.234 e. The highest BCUT2D eigenvalue weighted by Gasteiger charge is 2.34. The Morgan fingerprint density at radius 3 is 2.36 bits per heavy atom. The van der Waals surface area contributed by atoms with Crippen molar-refractivity contribution in [3.8, 4) is 17.2 Å². The molecule has 1 amide bonds. The van der Waals surface area contributed by atoms with E-state index in [1.54, 1.807) is 24.1 Å². The van der Waals surface area contributed by atoms with E-state index in [0.29, 0.717) is 36.8 Å². The molecule has 180 valence electrons. The fourth-order valence-electron chi connectivity index (χ4n) is 4.56. The predicted molar refractivity (Wildman–Crippen MR) is 129 cm³/mol. The molecule has 1 unspecified atom stereocenters. The lowest BCUT2D eigenvalue weighted by molar-refractivity contribution is -0.118. The largest absolute Gasteiger partial charge is 0.494 e. The standard InChI is InChI=1S/C25H31FN2O4.ClH/c1-30-22-9-7-19(17-21(22)26)28-13-10-20(25(28)29)18-6-8-23(31-2)24(16-18)32-15-14-27-11-4-3-5-12-27;/h6-9,16-17,20H,3-5,10-15H2,1-2H3;1H. The van der Waals surface area contributed by atoms with Crippen LogP contribution in [-0.2, 0) is 4.79 Å². The number of methoxy groups -OCH3 is 2. The van der Waals surface area contributed by atoms with Crippen LogP contribution in [0.2, 0.25) is 0 Å². The maximum atomic E-state index is 14.1. The molecule has 2 aromatic carbocycles. The van der Waals surface area contributed by atoms with Gasteiger partial charge in [-0.25, -0.2) is 4.39 Å². The lowest BCUT2D eigenvalue weighted by Gasteiger charge is -2.26. The molecule has 0 aliphatic carbocycles. The lowest BCUT2D eigenvalue weighted by Crippen LogP contribution is -2.33. The lowest BCUT2D eigenvalue weighted by atomic mass is 9.97. The van der Waals surface area contributed by atoms with Gasteiger partial charge in [0.15, 0.2) is 23.1 Å². The third kappa shape index (κ3) is 5.71. The Balaban J connectivity index is 0.00000306. The molecule has 0 aromatic heterocycles. The van der Waals surface area contributed by atoms with Gasteiger partial charge in [0.05, 0.1) is 20.1 Å². The topological polar surface area (TPSA) is 51.2 Å². The van der Waals surface area contributed by atoms with Gasteiger partial charge in [0.1, 0.15) is 6.61 Å². The maximum absolute atomic E-state index is 14.1. The Bertz CT molecular complexity index is 952. The molecule has 0 bridgehead atoms. The Kier molecular flexibility index (Phi) is 8.80. The molecule has 33 heavy (non-hydrogen) atoms.